The van der Waals surface area contributed by atoms with Crippen LogP contribution >= 0.6 is 22.7 Å². The van der Waals surface area contributed by atoms with Gasteiger partial charge in [-0.15, -0.1) is 22.7 Å². The number of nitriles is 1. The van der Waals surface area contributed by atoms with Crippen molar-refractivity contribution in [3.8, 4) is 16.5 Å². The van der Waals surface area contributed by atoms with E-state index in [0.29, 0.717) is 10.6 Å². The molecule has 0 bridgehead atoms. The van der Waals surface area contributed by atoms with E-state index in [4.69, 9.17) is 5.26 Å². The first-order valence-corrected chi connectivity index (χ1v) is 9.85. The van der Waals surface area contributed by atoms with Crippen LogP contribution in [0.25, 0.3) is 10.4 Å². The first kappa shape index (κ1) is 15.7. The number of hydrogen-bond donors (Lipinski definition) is 1. The molecule has 0 spiro atoms. The summed E-state index contributed by atoms with van der Waals surface area (Å²) in [6.45, 7) is 1.85. The third kappa shape index (κ3) is 3.29. The lowest BCUT2D eigenvalue weighted by atomic mass is 10.1. The summed E-state index contributed by atoms with van der Waals surface area (Å²) in [5, 5.41) is 10.7. The van der Waals surface area contributed by atoms with Gasteiger partial charge in [-0.05, 0) is 47.7 Å². The molecule has 0 radical (unpaired) electrons. The molecule has 2 aromatic heterocycles. The molecule has 0 aliphatic heterocycles. The van der Waals surface area contributed by atoms with Crippen LogP contribution in [0.5, 0.6) is 0 Å². The molecular weight excluding hydrogens is 348 g/mol. The van der Waals surface area contributed by atoms with Crippen molar-refractivity contribution in [2.75, 3.05) is 4.72 Å². The molecule has 23 heavy (non-hydrogen) atoms. The highest BCUT2D eigenvalue weighted by atomic mass is 32.2. The summed E-state index contributed by atoms with van der Waals surface area (Å²) in [6.07, 6.45) is 0. The van der Waals surface area contributed by atoms with E-state index in [1.165, 1.54) is 22.7 Å². The number of aryl methyl sites for hydroxylation is 1. The number of rotatable bonds is 4. The second-order valence-corrected chi connectivity index (χ2v) is 8.78. The van der Waals surface area contributed by atoms with Crippen molar-refractivity contribution in [3.63, 3.8) is 0 Å². The zero-order valence-electron chi connectivity index (χ0n) is 12.1. The van der Waals surface area contributed by atoms with Crippen molar-refractivity contribution in [2.45, 2.75) is 11.1 Å². The van der Waals surface area contributed by atoms with Gasteiger partial charge in [0, 0.05) is 4.88 Å². The third-order valence-electron chi connectivity index (χ3n) is 3.24. The molecule has 0 aliphatic rings. The van der Waals surface area contributed by atoms with Gasteiger partial charge in [-0.2, -0.15) is 5.26 Å². The standard InChI is InChI=1S/C16H12N2O2S3/c1-11-4-5-12(15-7-6-13(10-17)22-15)9-14(11)18-23(19,20)16-3-2-8-21-16/h2-9,18H,1H3. The Balaban J connectivity index is 1.97. The van der Waals surface area contributed by atoms with Gasteiger partial charge in [0.25, 0.3) is 10.0 Å². The van der Waals surface area contributed by atoms with E-state index in [9.17, 15) is 8.42 Å². The Bertz CT molecular complexity index is 981. The molecule has 0 amide bonds. The summed E-state index contributed by atoms with van der Waals surface area (Å²) in [5.74, 6) is 0. The van der Waals surface area contributed by atoms with Crippen LogP contribution in [0.3, 0.4) is 0 Å². The Labute approximate surface area is 142 Å². The maximum Gasteiger partial charge on any atom is 0.271 e. The molecule has 1 aromatic carbocycles. The second-order valence-electron chi connectivity index (χ2n) is 4.84. The lowest BCUT2D eigenvalue weighted by molar-refractivity contribution is 0.603. The summed E-state index contributed by atoms with van der Waals surface area (Å²) in [5.41, 5.74) is 2.26. The fraction of sp³-hybridized carbons (Fsp3) is 0.0625. The first-order valence-electron chi connectivity index (χ1n) is 6.67. The molecule has 0 atom stereocenters. The van der Waals surface area contributed by atoms with Crippen LogP contribution in [0.1, 0.15) is 10.4 Å². The molecule has 0 fully saturated rings. The number of nitrogens with zero attached hydrogens (tertiary/aromatic N) is 1. The lowest BCUT2D eigenvalue weighted by Gasteiger charge is -2.11. The fourth-order valence-corrected chi connectivity index (χ4v) is 4.96. The molecule has 4 nitrogen and oxygen atoms in total. The molecule has 0 saturated carbocycles. The Morgan fingerprint density at radius 2 is 2.00 bits per heavy atom. The molecule has 0 saturated heterocycles. The average Bonchev–Trinajstić information content (AvgIpc) is 3.20. The quantitative estimate of drug-likeness (QED) is 0.747. The minimum atomic E-state index is -3.57. The highest BCUT2D eigenvalue weighted by molar-refractivity contribution is 7.94. The van der Waals surface area contributed by atoms with Crippen LogP contribution in [-0.2, 0) is 10.0 Å². The van der Waals surface area contributed by atoms with E-state index in [-0.39, 0.29) is 4.21 Å². The van der Waals surface area contributed by atoms with E-state index in [1.807, 2.05) is 25.1 Å². The van der Waals surface area contributed by atoms with Gasteiger partial charge in [-0.1, -0.05) is 18.2 Å². The van der Waals surface area contributed by atoms with Gasteiger partial charge in [0.2, 0.25) is 0 Å². The Morgan fingerprint density at radius 1 is 1.17 bits per heavy atom. The van der Waals surface area contributed by atoms with Crippen molar-refractivity contribution in [3.05, 3.63) is 58.3 Å². The number of nitrogens with one attached hydrogen (secondary N) is 1. The topological polar surface area (TPSA) is 70.0 Å². The van der Waals surface area contributed by atoms with Gasteiger partial charge in [-0.25, -0.2) is 8.42 Å². The van der Waals surface area contributed by atoms with Gasteiger partial charge in [0.15, 0.2) is 0 Å². The van der Waals surface area contributed by atoms with E-state index >= 15 is 0 Å². The van der Waals surface area contributed by atoms with Crippen molar-refractivity contribution in [1.29, 1.82) is 5.26 Å². The first-order chi connectivity index (χ1) is 11.0. The summed E-state index contributed by atoms with van der Waals surface area (Å²) in [4.78, 5) is 1.56. The zero-order chi connectivity index (χ0) is 16.4. The van der Waals surface area contributed by atoms with E-state index in [2.05, 4.69) is 10.8 Å². The monoisotopic (exact) mass is 360 g/mol. The predicted octanol–water partition coefficient (Wildman–Crippen LogP) is 4.46. The third-order valence-corrected chi connectivity index (χ3v) is 7.04. The van der Waals surface area contributed by atoms with Crippen molar-refractivity contribution in [2.24, 2.45) is 0 Å². The highest BCUT2D eigenvalue weighted by Gasteiger charge is 2.16. The maximum absolute atomic E-state index is 12.4. The number of thiophene rings is 2. The molecule has 3 aromatic rings. The lowest BCUT2D eigenvalue weighted by Crippen LogP contribution is -2.12. The van der Waals surface area contributed by atoms with Crippen molar-refractivity contribution < 1.29 is 8.42 Å². The van der Waals surface area contributed by atoms with E-state index in [1.54, 1.807) is 29.6 Å². The second kappa shape index (κ2) is 6.16. The molecule has 0 aliphatic carbocycles. The van der Waals surface area contributed by atoms with E-state index < -0.39 is 10.0 Å². The summed E-state index contributed by atoms with van der Waals surface area (Å²) >= 11 is 2.56. The Morgan fingerprint density at radius 3 is 2.65 bits per heavy atom. The fourth-order valence-electron chi connectivity index (χ4n) is 2.05. The molecule has 7 heteroatoms. The summed E-state index contributed by atoms with van der Waals surface area (Å²) in [7, 11) is -3.57. The largest absolute Gasteiger partial charge is 0.279 e. The zero-order valence-corrected chi connectivity index (χ0v) is 14.6. The number of benzene rings is 1. The normalized spacial score (nSPS) is 11.1. The van der Waals surface area contributed by atoms with Gasteiger partial charge in [-0.3, -0.25) is 4.72 Å². The van der Waals surface area contributed by atoms with Crippen LogP contribution in [0.15, 0.2) is 52.1 Å². The van der Waals surface area contributed by atoms with Crippen molar-refractivity contribution >= 4 is 38.4 Å². The van der Waals surface area contributed by atoms with Crippen molar-refractivity contribution in [1.82, 2.24) is 0 Å². The molecule has 3 rings (SSSR count). The van der Waals surface area contributed by atoms with Gasteiger partial charge in [0.05, 0.1) is 5.69 Å². The van der Waals surface area contributed by atoms with Gasteiger partial charge in [0.1, 0.15) is 15.2 Å². The molecule has 116 valence electrons. The molecule has 1 N–H and O–H groups in total. The number of hydrogen-bond acceptors (Lipinski definition) is 5. The van der Waals surface area contributed by atoms with E-state index in [0.717, 1.165) is 16.0 Å². The SMILES string of the molecule is Cc1ccc(-c2ccc(C#N)s2)cc1NS(=O)(=O)c1cccs1. The Kier molecular flexibility index (Phi) is 4.22. The minimum absolute atomic E-state index is 0.283. The molecular formula is C16H12N2O2S3. The maximum atomic E-state index is 12.4. The number of anilines is 1. The summed E-state index contributed by atoms with van der Waals surface area (Å²) in [6, 6.07) is 14.6. The highest BCUT2D eigenvalue weighted by Crippen LogP contribution is 2.32. The Hall–Kier alpha value is -2.14. The minimum Gasteiger partial charge on any atom is -0.279 e. The van der Waals surface area contributed by atoms with Crippen LogP contribution in [-0.4, -0.2) is 8.42 Å². The summed E-state index contributed by atoms with van der Waals surface area (Å²) < 4.78 is 27.7. The van der Waals surface area contributed by atoms with Gasteiger partial charge < -0.3 is 0 Å². The molecule has 2 heterocycles. The van der Waals surface area contributed by atoms with Crippen LogP contribution < -0.4 is 4.72 Å². The average molecular weight is 360 g/mol. The number of sulfonamides is 1. The molecule has 0 unspecified atom stereocenters. The van der Waals surface area contributed by atoms with Crippen LogP contribution in [0.2, 0.25) is 0 Å². The predicted molar refractivity (Wildman–Crippen MR) is 94.3 cm³/mol. The van der Waals surface area contributed by atoms with Crippen LogP contribution in [0, 0.1) is 18.3 Å². The smallest absolute Gasteiger partial charge is 0.271 e. The van der Waals surface area contributed by atoms with Gasteiger partial charge >= 0.3 is 0 Å². The van der Waals surface area contributed by atoms with Crippen LogP contribution in [0.4, 0.5) is 5.69 Å².